The van der Waals surface area contributed by atoms with Crippen molar-refractivity contribution in [2.75, 3.05) is 0 Å². The third-order valence-electron chi connectivity index (χ3n) is 7.06. The maximum absolute atomic E-state index is 4.82. The summed E-state index contributed by atoms with van der Waals surface area (Å²) in [7, 11) is 2.00. The zero-order valence-corrected chi connectivity index (χ0v) is 18.9. The lowest BCUT2D eigenvalue weighted by Gasteiger charge is -2.24. The highest BCUT2D eigenvalue weighted by molar-refractivity contribution is 5.58. The van der Waals surface area contributed by atoms with E-state index in [4.69, 9.17) is 9.97 Å². The molecule has 2 aliphatic carbocycles. The van der Waals surface area contributed by atoms with Crippen LogP contribution in [-0.2, 0) is 33.0 Å². The Bertz CT molecular complexity index is 1240. The molecule has 3 aromatic heterocycles. The molecule has 6 rings (SSSR count). The molecule has 0 aliphatic heterocycles. The summed E-state index contributed by atoms with van der Waals surface area (Å²) in [5.41, 5.74) is 7.47. The van der Waals surface area contributed by atoms with E-state index in [9.17, 15) is 0 Å². The Kier molecular flexibility index (Phi) is 4.74. The maximum Gasteiger partial charge on any atom is 0.105 e. The Labute approximate surface area is 189 Å². The molecular weight excluding hydrogens is 396 g/mol. The van der Waals surface area contributed by atoms with Gasteiger partial charge in [-0.15, -0.1) is 0 Å². The normalized spacial score (nSPS) is 18.1. The first-order valence-corrected chi connectivity index (χ1v) is 11.8. The first-order valence-electron chi connectivity index (χ1n) is 11.8. The van der Waals surface area contributed by atoms with Crippen molar-refractivity contribution in [3.05, 3.63) is 77.8 Å². The Morgan fingerprint density at radius 1 is 0.969 bits per heavy atom. The van der Waals surface area contributed by atoms with E-state index in [2.05, 4.69) is 57.7 Å². The largest absolute Gasteiger partial charge is 0.340 e. The molecule has 1 fully saturated rings. The smallest absolute Gasteiger partial charge is 0.105 e. The van der Waals surface area contributed by atoms with Crippen molar-refractivity contribution in [3.8, 4) is 11.3 Å². The molecule has 1 saturated carbocycles. The van der Waals surface area contributed by atoms with Crippen molar-refractivity contribution < 1.29 is 0 Å². The molecule has 0 spiro atoms. The number of fused-ring (bicyclic) bond motifs is 1. The number of benzene rings is 1. The quantitative estimate of drug-likeness (QED) is 0.456. The summed E-state index contributed by atoms with van der Waals surface area (Å²) in [6, 6.07) is 8.77. The monoisotopic (exact) mass is 426 g/mol. The SMILES string of the molecule is Cc1nc(C2CC2)cn1CC1CCc2ncn(Cc3ccc(-c4cn(C)cn4)cc3)c2C1. The minimum atomic E-state index is 0.643. The summed E-state index contributed by atoms with van der Waals surface area (Å²) in [5.74, 6) is 2.53. The Balaban J connectivity index is 1.16. The van der Waals surface area contributed by atoms with Crippen LogP contribution in [0.1, 0.15) is 53.7 Å². The predicted octanol–water partition coefficient (Wildman–Crippen LogP) is 4.52. The second-order valence-electron chi connectivity index (χ2n) is 9.64. The van der Waals surface area contributed by atoms with Gasteiger partial charge in [-0.05, 0) is 50.5 Å². The summed E-state index contributed by atoms with van der Waals surface area (Å²) in [4.78, 5) is 14.0. The molecule has 32 heavy (non-hydrogen) atoms. The van der Waals surface area contributed by atoms with Crippen molar-refractivity contribution in [1.82, 2.24) is 28.7 Å². The van der Waals surface area contributed by atoms with Crippen molar-refractivity contribution >= 4 is 0 Å². The average Bonchev–Trinajstić information content (AvgIpc) is 3.29. The summed E-state index contributed by atoms with van der Waals surface area (Å²) in [6.07, 6.45) is 14.2. The molecule has 3 heterocycles. The fourth-order valence-corrected chi connectivity index (χ4v) is 5.01. The van der Waals surface area contributed by atoms with Crippen LogP contribution in [0.25, 0.3) is 11.3 Å². The van der Waals surface area contributed by atoms with Gasteiger partial charge < -0.3 is 13.7 Å². The van der Waals surface area contributed by atoms with Crippen LogP contribution in [0.5, 0.6) is 0 Å². The van der Waals surface area contributed by atoms with E-state index in [0.29, 0.717) is 5.92 Å². The lowest BCUT2D eigenvalue weighted by molar-refractivity contribution is 0.380. The van der Waals surface area contributed by atoms with Crippen LogP contribution in [0.15, 0.2) is 49.3 Å². The molecule has 1 atom stereocenters. The maximum atomic E-state index is 4.82. The first-order chi connectivity index (χ1) is 15.6. The van der Waals surface area contributed by atoms with E-state index in [0.717, 1.165) is 43.1 Å². The van der Waals surface area contributed by atoms with Crippen molar-refractivity contribution in [2.45, 2.75) is 58.0 Å². The van der Waals surface area contributed by atoms with Gasteiger partial charge in [0.25, 0.3) is 0 Å². The lowest BCUT2D eigenvalue weighted by atomic mass is 9.89. The summed E-state index contributed by atoms with van der Waals surface area (Å²) in [6.45, 7) is 4.08. The fourth-order valence-electron chi connectivity index (χ4n) is 5.01. The Morgan fingerprint density at radius 3 is 2.56 bits per heavy atom. The van der Waals surface area contributed by atoms with Gasteiger partial charge in [0.05, 0.1) is 29.7 Å². The standard InChI is InChI=1S/C26H30N6/c1-18-29-25(22-8-9-22)15-31(18)13-20-5-10-23-26(11-20)32(17-28-23)12-19-3-6-21(7-4-19)24-14-30(2)16-27-24/h3-4,6-7,14-17,20,22H,5,8-13H2,1-2H3. The highest BCUT2D eigenvalue weighted by Gasteiger charge is 2.28. The number of hydrogen-bond donors (Lipinski definition) is 0. The molecule has 6 nitrogen and oxygen atoms in total. The Morgan fingerprint density at radius 2 is 1.81 bits per heavy atom. The van der Waals surface area contributed by atoms with E-state index in [-0.39, 0.29) is 0 Å². The van der Waals surface area contributed by atoms with Crippen LogP contribution in [0.4, 0.5) is 0 Å². The van der Waals surface area contributed by atoms with Crippen LogP contribution in [0.2, 0.25) is 0 Å². The van der Waals surface area contributed by atoms with Crippen LogP contribution in [0.3, 0.4) is 0 Å². The third kappa shape index (κ3) is 3.78. The van der Waals surface area contributed by atoms with E-state index >= 15 is 0 Å². The highest BCUT2D eigenvalue weighted by atomic mass is 15.1. The van der Waals surface area contributed by atoms with Gasteiger partial charge >= 0.3 is 0 Å². The fraction of sp³-hybridized carbons (Fsp3) is 0.423. The molecule has 1 unspecified atom stereocenters. The van der Waals surface area contributed by atoms with Gasteiger partial charge in [0.2, 0.25) is 0 Å². The van der Waals surface area contributed by atoms with Gasteiger partial charge in [0.1, 0.15) is 5.82 Å². The second kappa shape index (κ2) is 7.76. The third-order valence-corrected chi connectivity index (χ3v) is 7.06. The molecule has 0 radical (unpaired) electrons. The topological polar surface area (TPSA) is 53.5 Å². The first kappa shape index (κ1) is 19.5. The predicted molar refractivity (Wildman–Crippen MR) is 124 cm³/mol. The second-order valence-corrected chi connectivity index (χ2v) is 9.64. The minimum absolute atomic E-state index is 0.643. The number of hydrogen-bond acceptors (Lipinski definition) is 3. The molecular formula is C26H30N6. The van der Waals surface area contributed by atoms with E-state index in [1.807, 2.05) is 24.3 Å². The molecule has 1 aromatic carbocycles. The number of aromatic nitrogens is 6. The van der Waals surface area contributed by atoms with Gasteiger partial charge in [-0.25, -0.2) is 15.0 Å². The molecule has 0 saturated heterocycles. The van der Waals surface area contributed by atoms with Gasteiger partial charge in [-0.3, -0.25) is 0 Å². The van der Waals surface area contributed by atoms with Crippen LogP contribution >= 0.6 is 0 Å². The lowest BCUT2D eigenvalue weighted by Crippen LogP contribution is -2.22. The van der Waals surface area contributed by atoms with E-state index in [1.165, 1.54) is 47.7 Å². The van der Waals surface area contributed by atoms with E-state index < -0.39 is 0 Å². The molecule has 6 heteroatoms. The van der Waals surface area contributed by atoms with E-state index in [1.54, 1.807) is 0 Å². The average molecular weight is 427 g/mol. The van der Waals surface area contributed by atoms with Crippen molar-refractivity contribution in [2.24, 2.45) is 13.0 Å². The zero-order chi connectivity index (χ0) is 21.7. The summed E-state index contributed by atoms with van der Waals surface area (Å²) in [5, 5.41) is 0. The molecule has 0 amide bonds. The summed E-state index contributed by atoms with van der Waals surface area (Å²) < 4.78 is 6.73. The van der Waals surface area contributed by atoms with Gasteiger partial charge in [0.15, 0.2) is 0 Å². The van der Waals surface area contributed by atoms with Crippen molar-refractivity contribution in [3.63, 3.8) is 0 Å². The van der Waals surface area contributed by atoms with Crippen LogP contribution in [0, 0.1) is 12.8 Å². The molecule has 0 N–H and O–H groups in total. The number of rotatable bonds is 6. The zero-order valence-electron chi connectivity index (χ0n) is 18.9. The van der Waals surface area contributed by atoms with Crippen molar-refractivity contribution in [1.29, 1.82) is 0 Å². The van der Waals surface area contributed by atoms with Gasteiger partial charge in [-0.2, -0.15) is 0 Å². The molecule has 0 bridgehead atoms. The van der Waals surface area contributed by atoms with Gasteiger partial charge in [-0.1, -0.05) is 24.3 Å². The van der Waals surface area contributed by atoms with Crippen LogP contribution < -0.4 is 0 Å². The van der Waals surface area contributed by atoms with Crippen LogP contribution in [-0.4, -0.2) is 28.7 Å². The number of imidazole rings is 3. The Hall–Kier alpha value is -3.15. The molecule has 2 aliphatic rings. The number of aryl methyl sites for hydroxylation is 3. The molecule has 164 valence electrons. The molecule has 4 aromatic rings. The highest BCUT2D eigenvalue weighted by Crippen LogP contribution is 2.39. The summed E-state index contributed by atoms with van der Waals surface area (Å²) >= 11 is 0. The van der Waals surface area contributed by atoms with Gasteiger partial charge in [0, 0.05) is 49.7 Å². The minimum Gasteiger partial charge on any atom is -0.340 e. The number of nitrogens with zero attached hydrogens (tertiary/aromatic N) is 6.